The van der Waals surface area contributed by atoms with E-state index in [0.29, 0.717) is 18.0 Å². The molecule has 1 saturated heterocycles. The lowest BCUT2D eigenvalue weighted by molar-refractivity contribution is 0.0993. The third-order valence-electron chi connectivity index (χ3n) is 5.35. The van der Waals surface area contributed by atoms with E-state index in [0.717, 1.165) is 30.8 Å². The molecule has 0 aromatic heterocycles. The number of rotatable bonds is 6. The highest BCUT2D eigenvalue weighted by Gasteiger charge is 2.23. The smallest absolute Gasteiger partial charge is 0.167 e. The van der Waals surface area contributed by atoms with Crippen LogP contribution in [0.5, 0.6) is 0 Å². The van der Waals surface area contributed by atoms with Crippen LogP contribution in [0.1, 0.15) is 33.5 Å². The van der Waals surface area contributed by atoms with Gasteiger partial charge < -0.3 is 10.6 Å². The largest absolute Gasteiger partial charge is 0.404 e. The van der Waals surface area contributed by atoms with Gasteiger partial charge in [0.15, 0.2) is 5.78 Å². The van der Waals surface area contributed by atoms with Crippen LogP contribution in [0.3, 0.4) is 0 Å². The van der Waals surface area contributed by atoms with Gasteiger partial charge in [-0.05, 0) is 43.8 Å². The van der Waals surface area contributed by atoms with Crippen molar-refractivity contribution in [2.24, 2.45) is 5.73 Å². The molecule has 0 saturated carbocycles. The molecule has 1 atom stereocenters. The second-order valence-corrected chi connectivity index (χ2v) is 7.77. The van der Waals surface area contributed by atoms with Crippen molar-refractivity contribution >= 4 is 5.78 Å². The van der Waals surface area contributed by atoms with Gasteiger partial charge in [-0.3, -0.25) is 9.69 Å². The highest BCUT2D eigenvalue weighted by atomic mass is 16.1. The Morgan fingerprint density at radius 2 is 1.97 bits per heavy atom. The van der Waals surface area contributed by atoms with Crippen LogP contribution >= 0.6 is 0 Å². The van der Waals surface area contributed by atoms with Gasteiger partial charge in [-0.15, -0.1) is 0 Å². The Hall–Kier alpha value is -2.87. The number of carbonyl (C=O) groups excluding carboxylic acids is 1. The summed E-state index contributed by atoms with van der Waals surface area (Å²) in [7, 11) is 4.30. The van der Waals surface area contributed by atoms with Gasteiger partial charge in [0.2, 0.25) is 0 Å². The lowest BCUT2D eigenvalue weighted by atomic mass is 10.0. The number of Topliss-reactive ketones (excluding diaryl/α,β-unsaturated/α-hetero) is 1. The SMILES string of the molecule is CN(C)[C@@H]1CCN(Cc2ccc(CC(=O)c3cccc(C#C/C=C/N)c3)cc2)C1. The number of hydrogen-bond acceptors (Lipinski definition) is 4. The summed E-state index contributed by atoms with van der Waals surface area (Å²) in [5.41, 5.74) is 9.12. The van der Waals surface area contributed by atoms with Crippen LogP contribution in [0.25, 0.3) is 0 Å². The molecule has 1 aliphatic rings. The van der Waals surface area contributed by atoms with Crippen LogP contribution in [-0.4, -0.2) is 48.8 Å². The highest BCUT2D eigenvalue weighted by molar-refractivity contribution is 5.97. The van der Waals surface area contributed by atoms with E-state index in [1.54, 1.807) is 6.08 Å². The van der Waals surface area contributed by atoms with Gasteiger partial charge in [0.05, 0.1) is 0 Å². The maximum Gasteiger partial charge on any atom is 0.167 e. The Kier molecular flexibility index (Phi) is 7.24. The molecule has 4 heteroatoms. The summed E-state index contributed by atoms with van der Waals surface area (Å²) in [5, 5.41) is 0. The van der Waals surface area contributed by atoms with E-state index < -0.39 is 0 Å². The molecule has 0 bridgehead atoms. The van der Waals surface area contributed by atoms with Gasteiger partial charge in [0, 0.05) is 55.5 Å². The Morgan fingerprint density at radius 1 is 1.21 bits per heavy atom. The van der Waals surface area contributed by atoms with E-state index in [1.807, 2.05) is 24.3 Å². The van der Waals surface area contributed by atoms with E-state index in [2.05, 4.69) is 60.0 Å². The first-order valence-corrected chi connectivity index (χ1v) is 10.0. The summed E-state index contributed by atoms with van der Waals surface area (Å²) < 4.78 is 0. The second-order valence-electron chi connectivity index (χ2n) is 7.77. The Bertz CT molecular complexity index is 919. The number of ketones is 1. The first-order chi connectivity index (χ1) is 14.0. The predicted molar refractivity (Wildman–Crippen MR) is 118 cm³/mol. The van der Waals surface area contributed by atoms with Crippen LogP contribution in [0, 0.1) is 11.8 Å². The Balaban J connectivity index is 1.58. The molecule has 2 aromatic rings. The fourth-order valence-electron chi connectivity index (χ4n) is 3.63. The second kappa shape index (κ2) is 10.1. The van der Waals surface area contributed by atoms with Gasteiger partial charge in [-0.2, -0.15) is 0 Å². The topological polar surface area (TPSA) is 49.6 Å². The number of likely N-dealkylation sites (tertiary alicyclic amines) is 1. The molecule has 29 heavy (non-hydrogen) atoms. The van der Waals surface area contributed by atoms with Crippen molar-refractivity contribution in [3.63, 3.8) is 0 Å². The van der Waals surface area contributed by atoms with Crippen molar-refractivity contribution in [1.82, 2.24) is 9.80 Å². The number of hydrogen-bond donors (Lipinski definition) is 1. The number of carbonyl (C=O) groups is 1. The quantitative estimate of drug-likeness (QED) is 0.611. The van der Waals surface area contributed by atoms with E-state index in [9.17, 15) is 4.79 Å². The summed E-state index contributed by atoms with van der Waals surface area (Å²) in [4.78, 5) is 17.5. The minimum atomic E-state index is 0.101. The fourth-order valence-corrected chi connectivity index (χ4v) is 3.63. The zero-order valence-electron chi connectivity index (χ0n) is 17.3. The molecule has 1 fully saturated rings. The van der Waals surface area contributed by atoms with Gasteiger partial charge in [0.1, 0.15) is 0 Å². The lowest BCUT2D eigenvalue weighted by Crippen LogP contribution is -2.31. The summed E-state index contributed by atoms with van der Waals surface area (Å²) in [5.74, 6) is 5.92. The molecule has 0 aliphatic carbocycles. The molecule has 1 heterocycles. The Morgan fingerprint density at radius 3 is 2.66 bits per heavy atom. The van der Waals surface area contributed by atoms with Crippen molar-refractivity contribution in [3.8, 4) is 11.8 Å². The molecule has 2 N–H and O–H groups in total. The molecule has 0 amide bonds. The van der Waals surface area contributed by atoms with E-state index >= 15 is 0 Å². The van der Waals surface area contributed by atoms with Gasteiger partial charge >= 0.3 is 0 Å². The molecular weight excluding hydrogens is 358 g/mol. The number of nitrogens with zero attached hydrogens (tertiary/aromatic N) is 2. The molecule has 0 radical (unpaired) electrons. The molecule has 3 rings (SSSR count). The molecule has 2 aromatic carbocycles. The van der Waals surface area contributed by atoms with E-state index in [1.165, 1.54) is 18.2 Å². The zero-order valence-corrected chi connectivity index (χ0v) is 17.3. The number of benzene rings is 2. The van der Waals surface area contributed by atoms with Crippen LogP contribution in [0.15, 0.2) is 60.8 Å². The van der Waals surface area contributed by atoms with Gasteiger partial charge in [-0.1, -0.05) is 48.2 Å². The van der Waals surface area contributed by atoms with Gasteiger partial charge in [-0.25, -0.2) is 0 Å². The van der Waals surface area contributed by atoms with E-state index in [4.69, 9.17) is 5.73 Å². The predicted octanol–water partition coefficient (Wildman–Crippen LogP) is 3.07. The average molecular weight is 388 g/mol. The van der Waals surface area contributed by atoms with Crippen LogP contribution in [0.2, 0.25) is 0 Å². The highest BCUT2D eigenvalue weighted by Crippen LogP contribution is 2.17. The molecule has 0 spiro atoms. The maximum absolute atomic E-state index is 12.7. The summed E-state index contributed by atoms with van der Waals surface area (Å²) in [6, 6.07) is 16.5. The first kappa shape index (κ1) is 20.9. The van der Waals surface area contributed by atoms with Crippen LogP contribution in [0.4, 0.5) is 0 Å². The molecule has 1 aliphatic heterocycles. The lowest BCUT2D eigenvalue weighted by Gasteiger charge is -2.20. The molecule has 4 nitrogen and oxygen atoms in total. The number of likely N-dealkylation sites (N-methyl/N-ethyl adjacent to an activating group) is 1. The number of nitrogens with two attached hydrogens (primary N) is 1. The van der Waals surface area contributed by atoms with Crippen LogP contribution in [-0.2, 0) is 13.0 Å². The van der Waals surface area contributed by atoms with Crippen molar-refractivity contribution in [1.29, 1.82) is 0 Å². The zero-order chi connectivity index (χ0) is 20.6. The molecule has 150 valence electrons. The third-order valence-corrected chi connectivity index (χ3v) is 5.35. The van der Waals surface area contributed by atoms with E-state index in [-0.39, 0.29) is 5.78 Å². The van der Waals surface area contributed by atoms with Crippen molar-refractivity contribution in [2.45, 2.75) is 25.4 Å². The maximum atomic E-state index is 12.7. The summed E-state index contributed by atoms with van der Waals surface area (Å²) in [6.45, 7) is 3.23. The normalized spacial score (nSPS) is 16.9. The minimum Gasteiger partial charge on any atom is -0.404 e. The number of allylic oxidation sites excluding steroid dienone is 1. The fraction of sp³-hybridized carbons (Fsp3) is 0.320. The van der Waals surface area contributed by atoms with Gasteiger partial charge in [0.25, 0.3) is 0 Å². The third kappa shape index (κ3) is 6.05. The molecule has 0 unspecified atom stereocenters. The Labute approximate surface area is 174 Å². The minimum absolute atomic E-state index is 0.101. The van der Waals surface area contributed by atoms with Crippen molar-refractivity contribution < 1.29 is 4.79 Å². The van der Waals surface area contributed by atoms with Crippen molar-refractivity contribution in [2.75, 3.05) is 27.2 Å². The van der Waals surface area contributed by atoms with Crippen molar-refractivity contribution in [3.05, 3.63) is 83.1 Å². The average Bonchev–Trinajstić information content (AvgIpc) is 3.19. The molecular formula is C25H29N3O. The summed E-state index contributed by atoms with van der Waals surface area (Å²) in [6.07, 6.45) is 4.60. The first-order valence-electron chi connectivity index (χ1n) is 10.0. The monoisotopic (exact) mass is 387 g/mol. The summed E-state index contributed by atoms with van der Waals surface area (Å²) >= 11 is 0. The van der Waals surface area contributed by atoms with Crippen LogP contribution < -0.4 is 5.73 Å². The standard InChI is InChI=1S/C25H29N3O/c1-27(2)24-13-15-28(19-24)18-22-11-9-21(10-12-22)17-25(29)23-8-5-7-20(16-23)6-3-4-14-26/h4-5,7-12,14,16,24H,13,15,17-19,26H2,1-2H3/b14-4+/t24-/m1/s1.